The van der Waals surface area contributed by atoms with Gasteiger partial charge in [0.05, 0.1) is 20.1 Å². The van der Waals surface area contributed by atoms with Crippen LogP contribution in [0.25, 0.3) is 0 Å². The van der Waals surface area contributed by atoms with Gasteiger partial charge in [0.1, 0.15) is 11.5 Å². The summed E-state index contributed by atoms with van der Waals surface area (Å²) in [6.45, 7) is 4.21. The van der Waals surface area contributed by atoms with Crippen LogP contribution in [0.4, 0.5) is 0 Å². The van der Waals surface area contributed by atoms with Crippen molar-refractivity contribution < 1.29 is 14.3 Å². The minimum atomic E-state index is -0.00302. The topological polar surface area (TPSA) is 45.2 Å². The molecule has 6 heteroatoms. The highest BCUT2D eigenvalue weighted by molar-refractivity contribution is 5.78. The van der Waals surface area contributed by atoms with Crippen molar-refractivity contribution in [3.63, 3.8) is 0 Å². The lowest BCUT2D eigenvalue weighted by atomic mass is 10.1. The first kappa shape index (κ1) is 18.5. The van der Waals surface area contributed by atoms with Crippen LogP contribution >= 0.6 is 0 Å². The molecule has 2 rings (SSSR count). The van der Waals surface area contributed by atoms with Gasteiger partial charge in [0.2, 0.25) is 5.91 Å². The highest BCUT2D eigenvalue weighted by Gasteiger charge is 2.28. The number of carbonyl (C=O) groups is 1. The van der Waals surface area contributed by atoms with Crippen molar-refractivity contribution in [2.24, 2.45) is 5.92 Å². The van der Waals surface area contributed by atoms with Crippen molar-refractivity contribution in [1.29, 1.82) is 0 Å². The average Bonchev–Trinajstić information content (AvgIpc) is 2.76. The van der Waals surface area contributed by atoms with Crippen LogP contribution < -0.4 is 9.47 Å². The first-order valence-corrected chi connectivity index (χ1v) is 8.27. The maximum absolute atomic E-state index is 12.4. The molecule has 1 atom stereocenters. The molecule has 1 amide bonds. The molecule has 0 aromatic heterocycles. The normalized spacial score (nSPS) is 19.6. The van der Waals surface area contributed by atoms with Crippen LogP contribution in [0.15, 0.2) is 18.2 Å². The molecule has 6 nitrogen and oxygen atoms in total. The van der Waals surface area contributed by atoms with E-state index < -0.39 is 0 Å². The van der Waals surface area contributed by atoms with E-state index in [1.165, 1.54) is 0 Å². The van der Waals surface area contributed by atoms with Crippen LogP contribution in [0.1, 0.15) is 5.56 Å². The fourth-order valence-corrected chi connectivity index (χ4v) is 3.13. The van der Waals surface area contributed by atoms with Gasteiger partial charge in [-0.2, -0.15) is 0 Å². The van der Waals surface area contributed by atoms with Gasteiger partial charge in [0.15, 0.2) is 0 Å². The lowest BCUT2D eigenvalue weighted by molar-refractivity contribution is -0.133. The summed E-state index contributed by atoms with van der Waals surface area (Å²) < 4.78 is 10.8. The second kappa shape index (κ2) is 8.35. The third kappa shape index (κ3) is 4.61. The number of likely N-dealkylation sites (N-methyl/N-ethyl adjacent to an activating group) is 1. The number of rotatable bonds is 5. The Morgan fingerprint density at radius 2 is 1.96 bits per heavy atom. The Morgan fingerprint density at radius 1 is 1.21 bits per heavy atom. The Balaban J connectivity index is 2.14. The molecule has 0 unspecified atom stereocenters. The molecule has 1 aromatic rings. The maximum Gasteiger partial charge on any atom is 0.227 e. The number of nitrogens with zero attached hydrogens (tertiary/aromatic N) is 3. The summed E-state index contributed by atoms with van der Waals surface area (Å²) >= 11 is 0. The van der Waals surface area contributed by atoms with Gasteiger partial charge in [-0.3, -0.25) is 9.69 Å². The van der Waals surface area contributed by atoms with Crippen molar-refractivity contribution in [3.8, 4) is 11.5 Å². The number of benzene rings is 1. The number of hydrogen-bond donors (Lipinski definition) is 0. The Morgan fingerprint density at radius 3 is 2.58 bits per heavy atom. The van der Waals surface area contributed by atoms with Crippen molar-refractivity contribution in [3.05, 3.63) is 23.8 Å². The van der Waals surface area contributed by atoms with E-state index in [0.717, 1.165) is 49.8 Å². The standard InChI is InChI=1S/C18H29N3O3/c1-19(2)18(22)15-11-20(3)8-9-21(13-15)12-14-6-7-16(23-4)10-17(14)24-5/h6-7,10,15H,8-9,11-13H2,1-5H3/t15-/m0/s1. The molecule has 0 saturated carbocycles. The summed E-state index contributed by atoms with van der Waals surface area (Å²) in [5.41, 5.74) is 1.11. The smallest absolute Gasteiger partial charge is 0.227 e. The quantitative estimate of drug-likeness (QED) is 0.808. The zero-order valence-electron chi connectivity index (χ0n) is 15.4. The van der Waals surface area contributed by atoms with E-state index in [-0.39, 0.29) is 11.8 Å². The van der Waals surface area contributed by atoms with Gasteiger partial charge in [-0.05, 0) is 13.1 Å². The maximum atomic E-state index is 12.4. The second-order valence-corrected chi connectivity index (χ2v) is 6.60. The monoisotopic (exact) mass is 335 g/mol. The molecule has 0 bridgehead atoms. The minimum absolute atomic E-state index is 0.00302. The largest absolute Gasteiger partial charge is 0.497 e. The van der Waals surface area contributed by atoms with Crippen LogP contribution in [0.5, 0.6) is 11.5 Å². The van der Waals surface area contributed by atoms with Crippen LogP contribution in [0.2, 0.25) is 0 Å². The Hall–Kier alpha value is -1.79. The molecule has 1 aliphatic heterocycles. The van der Waals surface area contributed by atoms with Crippen molar-refractivity contribution in [1.82, 2.24) is 14.7 Å². The van der Waals surface area contributed by atoms with Crippen LogP contribution in [0.3, 0.4) is 0 Å². The Bertz CT molecular complexity index is 562. The zero-order chi connectivity index (χ0) is 17.7. The average molecular weight is 335 g/mol. The predicted molar refractivity (Wildman–Crippen MR) is 94.5 cm³/mol. The number of carbonyl (C=O) groups excluding carboxylic acids is 1. The second-order valence-electron chi connectivity index (χ2n) is 6.60. The van der Waals surface area contributed by atoms with E-state index in [9.17, 15) is 4.79 Å². The van der Waals surface area contributed by atoms with Crippen LogP contribution in [-0.4, -0.2) is 82.1 Å². The SMILES string of the molecule is COc1ccc(CN2CCN(C)C[C@H](C(=O)N(C)C)C2)c(OC)c1. The molecule has 1 aromatic carbocycles. The van der Waals surface area contributed by atoms with E-state index >= 15 is 0 Å². The molecule has 0 spiro atoms. The predicted octanol–water partition coefficient (Wildman–Crippen LogP) is 1.16. The van der Waals surface area contributed by atoms with E-state index in [1.807, 2.05) is 32.3 Å². The van der Waals surface area contributed by atoms with Crippen molar-refractivity contribution in [2.75, 3.05) is 61.5 Å². The van der Waals surface area contributed by atoms with Crippen LogP contribution in [-0.2, 0) is 11.3 Å². The summed E-state index contributed by atoms with van der Waals surface area (Å²) in [4.78, 5) is 18.7. The zero-order valence-corrected chi connectivity index (χ0v) is 15.4. The first-order chi connectivity index (χ1) is 11.4. The van der Waals surface area contributed by atoms with E-state index in [1.54, 1.807) is 19.1 Å². The summed E-state index contributed by atoms with van der Waals surface area (Å²) in [6.07, 6.45) is 0. The lowest BCUT2D eigenvalue weighted by Gasteiger charge is -2.26. The number of amides is 1. The van der Waals surface area contributed by atoms with Crippen molar-refractivity contribution in [2.45, 2.75) is 6.54 Å². The van der Waals surface area contributed by atoms with Gasteiger partial charge in [-0.15, -0.1) is 0 Å². The van der Waals surface area contributed by atoms with Gasteiger partial charge in [0.25, 0.3) is 0 Å². The van der Waals surface area contributed by atoms with E-state index in [4.69, 9.17) is 9.47 Å². The molecular weight excluding hydrogens is 306 g/mol. The third-order valence-corrected chi connectivity index (χ3v) is 4.49. The molecule has 1 heterocycles. The molecular formula is C18H29N3O3. The molecule has 0 N–H and O–H groups in total. The van der Waals surface area contributed by atoms with Gasteiger partial charge in [-0.25, -0.2) is 0 Å². The van der Waals surface area contributed by atoms with Gasteiger partial charge < -0.3 is 19.3 Å². The fourth-order valence-electron chi connectivity index (χ4n) is 3.13. The van der Waals surface area contributed by atoms with Gasteiger partial charge >= 0.3 is 0 Å². The van der Waals surface area contributed by atoms with E-state index in [0.29, 0.717) is 0 Å². The third-order valence-electron chi connectivity index (χ3n) is 4.49. The number of methoxy groups -OCH3 is 2. The summed E-state index contributed by atoms with van der Waals surface area (Å²) in [6, 6.07) is 5.89. The van der Waals surface area contributed by atoms with Crippen LogP contribution in [0, 0.1) is 5.92 Å². The molecule has 134 valence electrons. The molecule has 24 heavy (non-hydrogen) atoms. The Labute approximate surface area is 144 Å². The molecule has 1 fully saturated rings. The highest BCUT2D eigenvalue weighted by atomic mass is 16.5. The Kier molecular flexibility index (Phi) is 6.45. The number of ether oxygens (including phenoxy) is 2. The summed E-state index contributed by atoms with van der Waals surface area (Å²) in [5.74, 6) is 1.79. The van der Waals surface area contributed by atoms with Crippen molar-refractivity contribution >= 4 is 5.91 Å². The molecule has 0 radical (unpaired) electrons. The molecule has 0 aliphatic carbocycles. The first-order valence-electron chi connectivity index (χ1n) is 8.27. The van der Waals surface area contributed by atoms with Gasteiger partial charge in [-0.1, -0.05) is 6.07 Å². The van der Waals surface area contributed by atoms with E-state index in [2.05, 4.69) is 16.8 Å². The highest BCUT2D eigenvalue weighted by Crippen LogP contribution is 2.26. The molecule has 1 aliphatic rings. The van der Waals surface area contributed by atoms with Gasteiger partial charge in [0, 0.05) is 58.4 Å². The fraction of sp³-hybridized carbons (Fsp3) is 0.611. The minimum Gasteiger partial charge on any atom is -0.497 e. The summed E-state index contributed by atoms with van der Waals surface area (Å²) in [7, 11) is 9.05. The lowest BCUT2D eigenvalue weighted by Crippen LogP contribution is -2.40. The molecule has 1 saturated heterocycles. The summed E-state index contributed by atoms with van der Waals surface area (Å²) in [5, 5.41) is 0. The number of hydrogen-bond acceptors (Lipinski definition) is 5.